The third-order valence-corrected chi connectivity index (χ3v) is 2.62. The number of rotatable bonds is 3. The molecule has 0 heterocycles. The van der Waals surface area contributed by atoms with Crippen LogP contribution in [0.1, 0.15) is 20.3 Å². The summed E-state index contributed by atoms with van der Waals surface area (Å²) >= 11 is 0. The van der Waals surface area contributed by atoms with Crippen molar-refractivity contribution in [2.45, 2.75) is 26.3 Å². The molecule has 0 aliphatic heterocycles. The maximum Gasteiger partial charge on any atom is 0.125 e. The molecule has 0 saturated heterocycles. The van der Waals surface area contributed by atoms with Crippen molar-refractivity contribution >= 4 is 11.4 Å². The lowest BCUT2D eigenvalue weighted by molar-refractivity contribution is 0.626. The van der Waals surface area contributed by atoms with E-state index in [4.69, 9.17) is 5.73 Å². The molecule has 0 bridgehead atoms. The van der Waals surface area contributed by atoms with Crippen LogP contribution in [0.5, 0.6) is 0 Å². The molecule has 0 spiro atoms. The molecule has 0 aliphatic carbocycles. The second-order valence-electron chi connectivity index (χ2n) is 3.57. The highest BCUT2D eigenvalue weighted by Crippen LogP contribution is 2.24. The van der Waals surface area contributed by atoms with Gasteiger partial charge in [-0.2, -0.15) is 0 Å². The quantitative estimate of drug-likeness (QED) is 0.753. The molecule has 1 aromatic carbocycles. The number of hydrogen-bond donors (Lipinski definition) is 1. The van der Waals surface area contributed by atoms with Gasteiger partial charge in [0.2, 0.25) is 0 Å². The Bertz CT molecular complexity index is 312. The van der Waals surface area contributed by atoms with Crippen LogP contribution in [0.15, 0.2) is 18.2 Å². The highest BCUT2D eigenvalue weighted by atomic mass is 19.1. The van der Waals surface area contributed by atoms with Gasteiger partial charge in [0.05, 0.1) is 11.4 Å². The lowest BCUT2D eigenvalue weighted by Gasteiger charge is -2.27. The SMILES string of the molecule is CCC(C)N(C)c1ccc(F)cc1N. The topological polar surface area (TPSA) is 29.3 Å². The Hall–Kier alpha value is -1.25. The van der Waals surface area contributed by atoms with Gasteiger partial charge in [0.1, 0.15) is 5.82 Å². The van der Waals surface area contributed by atoms with E-state index in [0.29, 0.717) is 11.7 Å². The number of halogens is 1. The molecule has 2 N–H and O–H groups in total. The number of benzene rings is 1. The fourth-order valence-electron chi connectivity index (χ4n) is 1.36. The van der Waals surface area contributed by atoms with E-state index in [2.05, 4.69) is 18.7 Å². The van der Waals surface area contributed by atoms with Crippen molar-refractivity contribution in [2.24, 2.45) is 0 Å². The van der Waals surface area contributed by atoms with Crippen LogP contribution < -0.4 is 10.6 Å². The highest BCUT2D eigenvalue weighted by molar-refractivity contribution is 5.67. The molecular formula is C11H17FN2. The van der Waals surface area contributed by atoms with Gasteiger partial charge in [-0.1, -0.05) is 6.92 Å². The van der Waals surface area contributed by atoms with E-state index in [1.54, 1.807) is 6.07 Å². The van der Waals surface area contributed by atoms with Gasteiger partial charge >= 0.3 is 0 Å². The van der Waals surface area contributed by atoms with Gasteiger partial charge in [0, 0.05) is 13.1 Å². The maximum absolute atomic E-state index is 12.8. The minimum atomic E-state index is -0.288. The molecule has 0 radical (unpaired) electrons. The van der Waals surface area contributed by atoms with Crippen LogP contribution in [0.25, 0.3) is 0 Å². The zero-order valence-electron chi connectivity index (χ0n) is 8.92. The molecular weight excluding hydrogens is 179 g/mol. The standard InChI is InChI=1S/C11H17FN2/c1-4-8(2)14(3)11-6-5-9(12)7-10(11)13/h5-8H,4,13H2,1-3H3. The monoisotopic (exact) mass is 196 g/mol. The van der Waals surface area contributed by atoms with Crippen molar-refractivity contribution < 1.29 is 4.39 Å². The Labute approximate surface area is 84.5 Å². The third-order valence-electron chi connectivity index (χ3n) is 2.62. The highest BCUT2D eigenvalue weighted by Gasteiger charge is 2.10. The number of nitrogens with zero attached hydrogens (tertiary/aromatic N) is 1. The minimum absolute atomic E-state index is 0.288. The molecule has 1 unspecified atom stereocenters. The van der Waals surface area contributed by atoms with Gasteiger partial charge in [0.25, 0.3) is 0 Å². The van der Waals surface area contributed by atoms with Crippen molar-refractivity contribution in [2.75, 3.05) is 17.7 Å². The van der Waals surface area contributed by atoms with Crippen molar-refractivity contribution in [1.82, 2.24) is 0 Å². The molecule has 1 rings (SSSR count). The number of nitrogens with two attached hydrogens (primary N) is 1. The zero-order valence-corrected chi connectivity index (χ0v) is 8.92. The molecule has 0 aliphatic rings. The number of hydrogen-bond acceptors (Lipinski definition) is 2. The summed E-state index contributed by atoms with van der Waals surface area (Å²) in [6.07, 6.45) is 1.04. The van der Waals surface area contributed by atoms with Crippen molar-refractivity contribution in [3.63, 3.8) is 0 Å². The first-order chi connectivity index (χ1) is 6.56. The van der Waals surface area contributed by atoms with E-state index >= 15 is 0 Å². The lowest BCUT2D eigenvalue weighted by Crippen LogP contribution is -2.28. The fourth-order valence-corrected chi connectivity index (χ4v) is 1.36. The second kappa shape index (κ2) is 4.31. The number of anilines is 2. The lowest BCUT2D eigenvalue weighted by atomic mass is 10.2. The predicted molar refractivity (Wildman–Crippen MR) is 59.0 cm³/mol. The van der Waals surface area contributed by atoms with Crippen molar-refractivity contribution in [3.8, 4) is 0 Å². The molecule has 3 heteroatoms. The van der Waals surface area contributed by atoms with Gasteiger partial charge in [-0.3, -0.25) is 0 Å². The van der Waals surface area contributed by atoms with Crippen LogP contribution in [0.2, 0.25) is 0 Å². The van der Waals surface area contributed by atoms with Crippen LogP contribution in [-0.2, 0) is 0 Å². The molecule has 14 heavy (non-hydrogen) atoms. The molecule has 2 nitrogen and oxygen atoms in total. The van der Waals surface area contributed by atoms with E-state index in [1.807, 2.05) is 7.05 Å². The molecule has 0 fully saturated rings. The molecule has 0 saturated carbocycles. The van der Waals surface area contributed by atoms with Crippen LogP contribution in [0, 0.1) is 5.82 Å². The van der Waals surface area contributed by atoms with E-state index in [1.165, 1.54) is 12.1 Å². The van der Waals surface area contributed by atoms with Crippen molar-refractivity contribution in [3.05, 3.63) is 24.0 Å². The Morgan fingerprint density at radius 3 is 2.64 bits per heavy atom. The Balaban J connectivity index is 2.95. The summed E-state index contributed by atoms with van der Waals surface area (Å²) in [4.78, 5) is 2.06. The van der Waals surface area contributed by atoms with Crippen LogP contribution in [0.4, 0.5) is 15.8 Å². The summed E-state index contributed by atoms with van der Waals surface area (Å²) in [5.74, 6) is -0.288. The summed E-state index contributed by atoms with van der Waals surface area (Å²) < 4.78 is 12.8. The average molecular weight is 196 g/mol. The third kappa shape index (κ3) is 2.16. The summed E-state index contributed by atoms with van der Waals surface area (Å²) in [6.45, 7) is 4.23. The van der Waals surface area contributed by atoms with Crippen LogP contribution in [0.3, 0.4) is 0 Å². The molecule has 0 amide bonds. The fraction of sp³-hybridized carbons (Fsp3) is 0.455. The average Bonchev–Trinajstić information content (AvgIpc) is 2.15. The smallest absolute Gasteiger partial charge is 0.125 e. The van der Waals surface area contributed by atoms with Crippen LogP contribution >= 0.6 is 0 Å². The zero-order chi connectivity index (χ0) is 10.7. The van der Waals surface area contributed by atoms with Gasteiger partial charge in [-0.15, -0.1) is 0 Å². The van der Waals surface area contributed by atoms with Gasteiger partial charge in [-0.25, -0.2) is 4.39 Å². The van der Waals surface area contributed by atoms with Gasteiger partial charge in [0.15, 0.2) is 0 Å². The molecule has 78 valence electrons. The van der Waals surface area contributed by atoms with Gasteiger partial charge in [-0.05, 0) is 31.5 Å². The Morgan fingerprint density at radius 1 is 1.50 bits per heavy atom. The molecule has 0 aromatic heterocycles. The summed E-state index contributed by atoms with van der Waals surface area (Å²) in [5, 5.41) is 0. The second-order valence-corrected chi connectivity index (χ2v) is 3.57. The maximum atomic E-state index is 12.8. The van der Waals surface area contributed by atoms with Crippen LogP contribution in [-0.4, -0.2) is 13.1 Å². The number of nitrogen functional groups attached to an aromatic ring is 1. The van der Waals surface area contributed by atoms with E-state index in [0.717, 1.165) is 12.1 Å². The Morgan fingerprint density at radius 2 is 2.14 bits per heavy atom. The summed E-state index contributed by atoms with van der Waals surface area (Å²) in [5.41, 5.74) is 7.12. The first kappa shape index (κ1) is 10.8. The molecule has 1 aromatic rings. The van der Waals surface area contributed by atoms with E-state index < -0.39 is 0 Å². The largest absolute Gasteiger partial charge is 0.397 e. The predicted octanol–water partition coefficient (Wildman–Crippen LogP) is 2.64. The molecule has 1 atom stereocenters. The normalized spacial score (nSPS) is 12.6. The Kier molecular flexibility index (Phi) is 3.33. The first-order valence-corrected chi connectivity index (χ1v) is 4.84. The van der Waals surface area contributed by atoms with E-state index in [9.17, 15) is 4.39 Å². The summed E-state index contributed by atoms with van der Waals surface area (Å²) in [6, 6.07) is 4.91. The van der Waals surface area contributed by atoms with Crippen molar-refractivity contribution in [1.29, 1.82) is 0 Å². The first-order valence-electron chi connectivity index (χ1n) is 4.84. The summed E-state index contributed by atoms with van der Waals surface area (Å²) in [7, 11) is 1.97. The van der Waals surface area contributed by atoms with E-state index in [-0.39, 0.29) is 5.82 Å². The van der Waals surface area contributed by atoms with Gasteiger partial charge < -0.3 is 10.6 Å². The minimum Gasteiger partial charge on any atom is -0.397 e.